The smallest absolute Gasteiger partial charge is 0.122 e. The minimum absolute atomic E-state index is 0.133. The van der Waals surface area contributed by atoms with Gasteiger partial charge in [-0.2, -0.15) is 0 Å². The van der Waals surface area contributed by atoms with E-state index in [1.165, 1.54) is 26.2 Å². The summed E-state index contributed by atoms with van der Waals surface area (Å²) in [5.41, 5.74) is 0.133. The van der Waals surface area contributed by atoms with Gasteiger partial charge in [-0.3, -0.25) is 4.90 Å². The van der Waals surface area contributed by atoms with Crippen LogP contribution in [0.15, 0.2) is 12.4 Å². The second-order valence-corrected chi connectivity index (χ2v) is 6.79. The Morgan fingerprint density at radius 3 is 2.50 bits per heavy atom. The van der Waals surface area contributed by atoms with Gasteiger partial charge in [0.2, 0.25) is 0 Å². The van der Waals surface area contributed by atoms with Crippen molar-refractivity contribution in [3.8, 4) is 0 Å². The fraction of sp³-hybridized carbons (Fsp3) is 0.800. The number of aromatic nitrogens is 2. The lowest BCUT2D eigenvalue weighted by Crippen LogP contribution is -2.45. The fourth-order valence-corrected chi connectivity index (χ4v) is 2.38. The predicted molar refractivity (Wildman–Crippen MR) is 82.8 cm³/mol. The van der Waals surface area contributed by atoms with Crippen LogP contribution in [0.5, 0.6) is 0 Å². The van der Waals surface area contributed by atoms with Crippen molar-refractivity contribution in [3.05, 3.63) is 18.2 Å². The summed E-state index contributed by atoms with van der Waals surface area (Å²) in [5, 5.41) is 3.50. The first-order chi connectivity index (χ1) is 9.44. The molecule has 5 nitrogen and oxygen atoms in total. The molecular weight excluding hydrogens is 250 g/mol. The van der Waals surface area contributed by atoms with Crippen molar-refractivity contribution in [2.75, 3.05) is 39.8 Å². The molecule has 0 saturated carbocycles. The third-order valence-electron chi connectivity index (χ3n) is 3.83. The number of hydrogen-bond donors (Lipinski definition) is 1. The molecule has 20 heavy (non-hydrogen) atoms. The van der Waals surface area contributed by atoms with Gasteiger partial charge in [0.05, 0.1) is 6.54 Å². The van der Waals surface area contributed by atoms with Crippen molar-refractivity contribution >= 4 is 0 Å². The molecule has 5 heteroatoms. The van der Waals surface area contributed by atoms with E-state index in [1.807, 2.05) is 6.20 Å². The lowest BCUT2D eigenvalue weighted by atomic mass is 10.1. The van der Waals surface area contributed by atoms with Gasteiger partial charge < -0.3 is 14.8 Å². The number of piperazine rings is 1. The van der Waals surface area contributed by atoms with Crippen LogP contribution in [0.4, 0.5) is 0 Å². The highest BCUT2D eigenvalue weighted by Crippen LogP contribution is 2.05. The molecule has 1 aromatic heterocycles. The molecule has 0 aliphatic carbocycles. The Bertz CT molecular complexity index is 399. The molecule has 0 bridgehead atoms. The van der Waals surface area contributed by atoms with Crippen molar-refractivity contribution in [1.29, 1.82) is 0 Å². The molecule has 1 fully saturated rings. The molecule has 0 spiro atoms. The van der Waals surface area contributed by atoms with Gasteiger partial charge in [0, 0.05) is 57.2 Å². The fourth-order valence-electron chi connectivity index (χ4n) is 2.38. The first-order valence-corrected chi connectivity index (χ1v) is 7.60. The molecule has 0 radical (unpaired) electrons. The Morgan fingerprint density at radius 1 is 1.15 bits per heavy atom. The summed E-state index contributed by atoms with van der Waals surface area (Å²) in [6, 6.07) is 0. The lowest BCUT2D eigenvalue weighted by Gasteiger charge is -2.32. The Morgan fingerprint density at radius 2 is 1.85 bits per heavy atom. The Hall–Kier alpha value is -0.910. The summed E-state index contributed by atoms with van der Waals surface area (Å²) in [6.45, 7) is 14.3. The zero-order valence-corrected chi connectivity index (χ0v) is 13.4. The van der Waals surface area contributed by atoms with Crippen LogP contribution >= 0.6 is 0 Å². The van der Waals surface area contributed by atoms with E-state index < -0.39 is 0 Å². The first kappa shape index (κ1) is 15.5. The van der Waals surface area contributed by atoms with Crippen molar-refractivity contribution < 1.29 is 0 Å². The average Bonchev–Trinajstić information content (AvgIpc) is 2.82. The van der Waals surface area contributed by atoms with Crippen LogP contribution in [0.2, 0.25) is 0 Å². The van der Waals surface area contributed by atoms with E-state index in [9.17, 15) is 0 Å². The summed E-state index contributed by atoms with van der Waals surface area (Å²) in [7, 11) is 2.20. The van der Waals surface area contributed by atoms with E-state index >= 15 is 0 Å². The second kappa shape index (κ2) is 6.70. The minimum Gasteiger partial charge on any atom is -0.333 e. The van der Waals surface area contributed by atoms with E-state index in [2.05, 4.69) is 58.7 Å². The Balaban J connectivity index is 1.80. The van der Waals surface area contributed by atoms with Crippen molar-refractivity contribution in [2.45, 2.75) is 39.4 Å². The summed E-state index contributed by atoms with van der Waals surface area (Å²) in [5.74, 6) is 1.13. The summed E-state index contributed by atoms with van der Waals surface area (Å²) in [6.07, 6.45) is 4.00. The molecule has 0 amide bonds. The van der Waals surface area contributed by atoms with Crippen LogP contribution < -0.4 is 5.32 Å². The molecule has 2 heterocycles. The normalized spacial score (nSPS) is 18.6. The lowest BCUT2D eigenvalue weighted by molar-refractivity contribution is 0.149. The monoisotopic (exact) mass is 279 g/mol. The van der Waals surface area contributed by atoms with Crippen LogP contribution in [0.1, 0.15) is 26.6 Å². The van der Waals surface area contributed by atoms with E-state index in [-0.39, 0.29) is 5.54 Å². The number of nitrogens with zero attached hydrogens (tertiary/aromatic N) is 4. The van der Waals surface area contributed by atoms with E-state index in [0.29, 0.717) is 0 Å². The van der Waals surface area contributed by atoms with Crippen molar-refractivity contribution in [3.63, 3.8) is 0 Å². The first-order valence-electron chi connectivity index (χ1n) is 7.60. The van der Waals surface area contributed by atoms with E-state index in [1.54, 1.807) is 0 Å². The molecule has 0 aromatic carbocycles. The Labute approximate surface area is 123 Å². The van der Waals surface area contributed by atoms with E-state index in [0.717, 1.165) is 25.5 Å². The van der Waals surface area contributed by atoms with Crippen LogP contribution in [0.3, 0.4) is 0 Å². The summed E-state index contributed by atoms with van der Waals surface area (Å²) < 4.78 is 2.27. The largest absolute Gasteiger partial charge is 0.333 e. The number of likely N-dealkylation sites (N-methyl/N-ethyl adjacent to an activating group) is 1. The molecular formula is C15H29N5. The van der Waals surface area contributed by atoms with E-state index in [4.69, 9.17) is 0 Å². The van der Waals surface area contributed by atoms with Gasteiger partial charge in [0.15, 0.2) is 0 Å². The van der Waals surface area contributed by atoms with Crippen molar-refractivity contribution in [1.82, 2.24) is 24.7 Å². The topological polar surface area (TPSA) is 36.3 Å². The third kappa shape index (κ3) is 4.89. The van der Waals surface area contributed by atoms with Gasteiger partial charge in [-0.05, 0) is 27.8 Å². The highest BCUT2D eigenvalue weighted by Gasteiger charge is 2.14. The number of imidazole rings is 1. The average molecular weight is 279 g/mol. The summed E-state index contributed by atoms with van der Waals surface area (Å²) in [4.78, 5) is 9.41. The highest BCUT2D eigenvalue weighted by atomic mass is 15.3. The molecule has 0 unspecified atom stereocenters. The molecule has 114 valence electrons. The molecule has 1 aromatic rings. The highest BCUT2D eigenvalue weighted by molar-refractivity contribution is 4.93. The van der Waals surface area contributed by atoms with Crippen LogP contribution in [0.25, 0.3) is 0 Å². The Kier molecular flexibility index (Phi) is 5.18. The van der Waals surface area contributed by atoms with Crippen LogP contribution in [-0.2, 0) is 13.1 Å². The second-order valence-electron chi connectivity index (χ2n) is 6.79. The standard InChI is InChI=1S/C15H29N5/c1-15(2,3)17-13-14-16-5-6-20(14)12-11-19-9-7-18(4)8-10-19/h5-6,17H,7-13H2,1-4H3. The number of hydrogen-bond acceptors (Lipinski definition) is 4. The quantitative estimate of drug-likeness (QED) is 0.873. The molecule has 1 N–H and O–H groups in total. The maximum absolute atomic E-state index is 4.47. The summed E-state index contributed by atoms with van der Waals surface area (Å²) >= 11 is 0. The molecule has 2 rings (SSSR count). The molecule has 0 atom stereocenters. The van der Waals surface area contributed by atoms with Crippen LogP contribution in [0, 0.1) is 0 Å². The zero-order valence-electron chi connectivity index (χ0n) is 13.4. The molecule has 1 aliphatic heterocycles. The van der Waals surface area contributed by atoms with Gasteiger partial charge in [-0.25, -0.2) is 4.98 Å². The maximum Gasteiger partial charge on any atom is 0.122 e. The van der Waals surface area contributed by atoms with Crippen molar-refractivity contribution in [2.24, 2.45) is 0 Å². The predicted octanol–water partition coefficient (Wildman–Crippen LogP) is 1.02. The maximum atomic E-state index is 4.47. The number of rotatable bonds is 5. The SMILES string of the molecule is CN1CCN(CCn2ccnc2CNC(C)(C)C)CC1. The third-order valence-corrected chi connectivity index (χ3v) is 3.83. The molecule has 1 saturated heterocycles. The number of nitrogens with one attached hydrogen (secondary N) is 1. The van der Waals surface area contributed by atoms with Gasteiger partial charge in [-0.1, -0.05) is 0 Å². The van der Waals surface area contributed by atoms with Crippen LogP contribution in [-0.4, -0.2) is 64.7 Å². The van der Waals surface area contributed by atoms with Gasteiger partial charge in [0.1, 0.15) is 5.82 Å². The van der Waals surface area contributed by atoms with Gasteiger partial charge in [0.25, 0.3) is 0 Å². The van der Waals surface area contributed by atoms with Gasteiger partial charge in [-0.15, -0.1) is 0 Å². The van der Waals surface area contributed by atoms with Gasteiger partial charge >= 0.3 is 0 Å². The zero-order chi connectivity index (χ0) is 14.6. The molecule has 1 aliphatic rings. The minimum atomic E-state index is 0.133.